The van der Waals surface area contributed by atoms with Crippen LogP contribution in [-0.2, 0) is 14.6 Å². The molecule has 1 rings (SSSR count). The summed E-state index contributed by atoms with van der Waals surface area (Å²) in [5, 5.41) is 12.1. The average molecular weight is 265 g/mol. The van der Waals surface area contributed by atoms with E-state index in [-0.39, 0.29) is 17.9 Å². The monoisotopic (exact) mass is 265 g/mol. The number of carbonyl (C=O) groups excluding carboxylic acids is 1. The Morgan fingerprint density at radius 3 is 2.47 bits per heavy atom. The van der Waals surface area contributed by atoms with Gasteiger partial charge in [-0.05, 0) is 27.2 Å². The van der Waals surface area contributed by atoms with Crippen LogP contribution >= 0.6 is 0 Å². The van der Waals surface area contributed by atoms with Crippen LogP contribution in [0.5, 0.6) is 0 Å². The largest absolute Gasteiger partial charge is 0.444 e. The lowest BCUT2D eigenvalue weighted by Crippen LogP contribution is -2.51. The van der Waals surface area contributed by atoms with Gasteiger partial charge in [0.05, 0.1) is 23.7 Å². The van der Waals surface area contributed by atoms with Gasteiger partial charge in [-0.3, -0.25) is 0 Å². The summed E-state index contributed by atoms with van der Waals surface area (Å²) in [5.41, 5.74) is -0.615. The zero-order chi connectivity index (χ0) is 13.3. The van der Waals surface area contributed by atoms with Crippen LogP contribution in [-0.4, -0.2) is 48.9 Å². The van der Waals surface area contributed by atoms with E-state index in [1.807, 2.05) is 0 Å². The molecule has 1 fully saturated rings. The number of ether oxygens (including phenoxy) is 1. The number of hydrogen-bond donors (Lipinski definition) is 2. The Bertz CT molecular complexity index is 384. The first-order valence-corrected chi connectivity index (χ1v) is 7.29. The minimum atomic E-state index is -3.18. The van der Waals surface area contributed by atoms with E-state index in [1.165, 1.54) is 0 Å². The van der Waals surface area contributed by atoms with E-state index >= 15 is 0 Å². The van der Waals surface area contributed by atoms with E-state index in [0.717, 1.165) is 0 Å². The SMILES string of the molecule is CC(C)(C)OC(=O)N[C@@H]1CCS(=O)(=O)C[C@H]1O. The molecule has 100 valence electrons. The summed E-state index contributed by atoms with van der Waals surface area (Å²) in [6.45, 7) is 5.19. The first kappa shape index (κ1) is 14.2. The molecule has 0 aliphatic carbocycles. The lowest BCUT2D eigenvalue weighted by Gasteiger charge is -2.29. The second-order valence-corrected chi connectivity index (χ2v) is 7.45. The molecule has 2 N–H and O–H groups in total. The molecule has 1 aliphatic rings. The van der Waals surface area contributed by atoms with E-state index in [1.54, 1.807) is 20.8 Å². The summed E-state index contributed by atoms with van der Waals surface area (Å²) in [4.78, 5) is 11.4. The second kappa shape index (κ2) is 4.81. The summed E-state index contributed by atoms with van der Waals surface area (Å²) < 4.78 is 27.5. The number of amides is 1. The fraction of sp³-hybridized carbons (Fsp3) is 0.900. The third kappa shape index (κ3) is 4.91. The molecule has 2 atom stereocenters. The molecule has 7 heteroatoms. The number of rotatable bonds is 1. The Kier molecular flexibility index (Phi) is 4.03. The Labute approximate surface area is 101 Å². The number of aliphatic hydroxyl groups excluding tert-OH is 1. The van der Waals surface area contributed by atoms with Crippen molar-refractivity contribution in [3.63, 3.8) is 0 Å². The Morgan fingerprint density at radius 1 is 1.41 bits per heavy atom. The van der Waals surface area contributed by atoms with Crippen LogP contribution in [0.2, 0.25) is 0 Å². The molecule has 0 unspecified atom stereocenters. The van der Waals surface area contributed by atoms with Gasteiger partial charge in [-0.1, -0.05) is 0 Å². The van der Waals surface area contributed by atoms with Crippen LogP contribution in [0.4, 0.5) is 4.79 Å². The molecule has 0 aromatic rings. The summed E-state index contributed by atoms with van der Waals surface area (Å²) in [5.74, 6) is -0.335. The molecule has 6 nitrogen and oxygen atoms in total. The Hall–Kier alpha value is -0.820. The maximum atomic E-state index is 11.4. The summed E-state index contributed by atoms with van der Waals surface area (Å²) >= 11 is 0. The fourth-order valence-electron chi connectivity index (χ4n) is 1.59. The molecule has 0 spiro atoms. The van der Waals surface area contributed by atoms with Gasteiger partial charge in [0.1, 0.15) is 5.60 Å². The lowest BCUT2D eigenvalue weighted by atomic mass is 10.1. The molecule has 0 saturated carbocycles. The van der Waals surface area contributed by atoms with Crippen molar-refractivity contribution in [2.75, 3.05) is 11.5 Å². The zero-order valence-electron chi connectivity index (χ0n) is 10.3. The van der Waals surface area contributed by atoms with E-state index < -0.39 is 33.7 Å². The van der Waals surface area contributed by atoms with Crippen molar-refractivity contribution in [1.82, 2.24) is 5.32 Å². The summed E-state index contributed by atoms with van der Waals surface area (Å²) in [6, 6.07) is -0.562. The summed E-state index contributed by atoms with van der Waals surface area (Å²) in [6.07, 6.45) is -1.50. The van der Waals surface area contributed by atoms with Crippen molar-refractivity contribution in [1.29, 1.82) is 0 Å². The number of alkyl carbamates (subject to hydrolysis) is 1. The van der Waals surface area contributed by atoms with Crippen molar-refractivity contribution >= 4 is 15.9 Å². The van der Waals surface area contributed by atoms with Gasteiger partial charge in [0.2, 0.25) is 0 Å². The van der Waals surface area contributed by atoms with Crippen LogP contribution in [0.15, 0.2) is 0 Å². The predicted molar refractivity (Wildman–Crippen MR) is 62.4 cm³/mol. The standard InChI is InChI=1S/C10H19NO5S/c1-10(2,3)16-9(13)11-7-4-5-17(14,15)6-8(7)12/h7-8,12H,4-6H2,1-3H3,(H,11,13)/t7-,8-/m1/s1. The number of aliphatic hydroxyl groups is 1. The Morgan fingerprint density at radius 2 is 2.00 bits per heavy atom. The molecule has 1 aliphatic heterocycles. The first-order valence-electron chi connectivity index (χ1n) is 5.47. The minimum Gasteiger partial charge on any atom is -0.444 e. The van der Waals surface area contributed by atoms with Crippen molar-refractivity contribution in [2.45, 2.75) is 44.9 Å². The highest BCUT2D eigenvalue weighted by molar-refractivity contribution is 7.91. The van der Waals surface area contributed by atoms with Gasteiger partial charge in [0.25, 0.3) is 0 Å². The minimum absolute atomic E-state index is 0.0233. The van der Waals surface area contributed by atoms with Crippen molar-refractivity contribution in [2.24, 2.45) is 0 Å². The van der Waals surface area contributed by atoms with Crippen molar-refractivity contribution in [3.05, 3.63) is 0 Å². The third-order valence-corrected chi connectivity index (χ3v) is 4.04. The normalized spacial score (nSPS) is 28.5. The van der Waals surface area contributed by atoms with Crippen LogP contribution in [0, 0.1) is 0 Å². The molecule has 0 aromatic heterocycles. The molecular weight excluding hydrogens is 246 g/mol. The number of hydrogen-bond acceptors (Lipinski definition) is 5. The molecule has 1 amide bonds. The maximum Gasteiger partial charge on any atom is 0.407 e. The van der Waals surface area contributed by atoms with Crippen molar-refractivity contribution < 1.29 is 23.1 Å². The van der Waals surface area contributed by atoms with Gasteiger partial charge >= 0.3 is 6.09 Å². The summed E-state index contributed by atoms with van der Waals surface area (Å²) in [7, 11) is -3.18. The van der Waals surface area contributed by atoms with Crippen LogP contribution in [0.3, 0.4) is 0 Å². The van der Waals surface area contributed by atoms with Gasteiger partial charge in [0, 0.05) is 0 Å². The van der Waals surface area contributed by atoms with E-state index in [0.29, 0.717) is 0 Å². The van der Waals surface area contributed by atoms with Gasteiger partial charge in [0.15, 0.2) is 9.84 Å². The molecule has 0 radical (unpaired) electrons. The molecule has 1 heterocycles. The molecular formula is C10H19NO5S. The highest BCUT2D eigenvalue weighted by atomic mass is 32.2. The van der Waals surface area contributed by atoms with E-state index in [2.05, 4.69) is 5.32 Å². The number of nitrogens with one attached hydrogen (secondary N) is 1. The van der Waals surface area contributed by atoms with Crippen LogP contribution in [0.1, 0.15) is 27.2 Å². The number of sulfone groups is 1. The van der Waals surface area contributed by atoms with Crippen molar-refractivity contribution in [3.8, 4) is 0 Å². The van der Waals surface area contributed by atoms with Gasteiger partial charge in [-0.15, -0.1) is 0 Å². The first-order chi connectivity index (χ1) is 7.59. The predicted octanol–water partition coefficient (Wildman–Crippen LogP) is 0.0591. The zero-order valence-corrected chi connectivity index (χ0v) is 11.1. The topological polar surface area (TPSA) is 92.7 Å². The molecule has 0 aromatic carbocycles. The molecule has 0 bridgehead atoms. The van der Waals surface area contributed by atoms with E-state index in [4.69, 9.17) is 4.74 Å². The van der Waals surface area contributed by atoms with Gasteiger partial charge in [-0.25, -0.2) is 13.2 Å². The second-order valence-electron chi connectivity index (χ2n) is 5.22. The lowest BCUT2D eigenvalue weighted by molar-refractivity contribution is 0.0432. The van der Waals surface area contributed by atoms with E-state index in [9.17, 15) is 18.3 Å². The maximum absolute atomic E-state index is 11.4. The molecule has 17 heavy (non-hydrogen) atoms. The van der Waals surface area contributed by atoms with Gasteiger partial charge in [-0.2, -0.15) is 0 Å². The number of carbonyl (C=O) groups is 1. The van der Waals surface area contributed by atoms with Gasteiger partial charge < -0.3 is 15.2 Å². The average Bonchev–Trinajstić information content (AvgIpc) is 2.06. The molecule has 1 saturated heterocycles. The quantitative estimate of drug-likeness (QED) is 0.699. The highest BCUT2D eigenvalue weighted by Crippen LogP contribution is 2.14. The smallest absolute Gasteiger partial charge is 0.407 e. The van der Waals surface area contributed by atoms with Crippen LogP contribution < -0.4 is 5.32 Å². The highest BCUT2D eigenvalue weighted by Gasteiger charge is 2.33. The fourth-order valence-corrected chi connectivity index (χ4v) is 3.12. The van der Waals surface area contributed by atoms with Crippen LogP contribution in [0.25, 0.3) is 0 Å². The Balaban J connectivity index is 2.51. The third-order valence-electron chi connectivity index (χ3n) is 2.33.